The summed E-state index contributed by atoms with van der Waals surface area (Å²) in [7, 11) is 0. The van der Waals surface area contributed by atoms with Gasteiger partial charge in [-0.3, -0.25) is 10.1 Å². The molecule has 0 bridgehead atoms. The SMILES string of the molecule is O=Cc1ccc2c(ccn2C/C=C/c2ccc(-c3ccccc3)c(NC(=O)O)c2)c1. The molecule has 0 fully saturated rings. The molecule has 148 valence electrons. The van der Waals surface area contributed by atoms with Crippen molar-refractivity contribution < 1.29 is 14.7 Å². The van der Waals surface area contributed by atoms with E-state index >= 15 is 0 Å². The summed E-state index contributed by atoms with van der Waals surface area (Å²) < 4.78 is 2.09. The van der Waals surface area contributed by atoms with Crippen LogP contribution in [0.1, 0.15) is 15.9 Å². The second-order valence-electron chi connectivity index (χ2n) is 6.91. The summed E-state index contributed by atoms with van der Waals surface area (Å²) in [6.07, 6.45) is 5.72. The van der Waals surface area contributed by atoms with Crippen molar-refractivity contribution in [3.8, 4) is 11.1 Å². The van der Waals surface area contributed by atoms with Crippen molar-refractivity contribution in [3.05, 3.63) is 96.2 Å². The third-order valence-electron chi connectivity index (χ3n) is 4.91. The number of aldehydes is 1. The summed E-state index contributed by atoms with van der Waals surface area (Å²) in [5, 5.41) is 12.7. The molecule has 2 N–H and O–H groups in total. The van der Waals surface area contributed by atoms with Crippen LogP contribution in [0.2, 0.25) is 0 Å². The molecule has 0 saturated carbocycles. The lowest BCUT2D eigenvalue weighted by Gasteiger charge is -2.11. The minimum Gasteiger partial charge on any atom is -0.465 e. The third kappa shape index (κ3) is 4.15. The summed E-state index contributed by atoms with van der Waals surface area (Å²) in [4.78, 5) is 22.2. The highest BCUT2D eigenvalue weighted by molar-refractivity contribution is 5.91. The van der Waals surface area contributed by atoms with Crippen LogP contribution >= 0.6 is 0 Å². The largest absolute Gasteiger partial charge is 0.465 e. The van der Waals surface area contributed by atoms with Gasteiger partial charge in [0.2, 0.25) is 0 Å². The quantitative estimate of drug-likeness (QED) is 0.397. The highest BCUT2D eigenvalue weighted by atomic mass is 16.4. The van der Waals surface area contributed by atoms with Crippen molar-refractivity contribution in [1.82, 2.24) is 4.57 Å². The topological polar surface area (TPSA) is 71.3 Å². The van der Waals surface area contributed by atoms with Crippen LogP contribution < -0.4 is 5.32 Å². The first kappa shape index (κ1) is 19.2. The number of allylic oxidation sites excluding steroid dienone is 1. The van der Waals surface area contributed by atoms with Crippen LogP contribution in [0.15, 0.2) is 85.1 Å². The van der Waals surface area contributed by atoms with E-state index in [-0.39, 0.29) is 0 Å². The molecule has 1 aromatic heterocycles. The molecule has 0 atom stereocenters. The molecule has 5 nitrogen and oxygen atoms in total. The van der Waals surface area contributed by atoms with Crippen molar-refractivity contribution >= 4 is 35.0 Å². The highest BCUT2D eigenvalue weighted by Gasteiger charge is 2.08. The van der Waals surface area contributed by atoms with Gasteiger partial charge in [-0.05, 0) is 41.5 Å². The maximum absolute atomic E-state index is 11.2. The molecule has 30 heavy (non-hydrogen) atoms. The molecule has 1 heterocycles. The highest BCUT2D eigenvalue weighted by Crippen LogP contribution is 2.29. The molecule has 0 radical (unpaired) electrons. The summed E-state index contributed by atoms with van der Waals surface area (Å²) in [5.41, 5.74) is 4.94. The molecule has 4 rings (SSSR count). The Balaban J connectivity index is 1.58. The average molecular weight is 396 g/mol. The van der Waals surface area contributed by atoms with Crippen LogP contribution in [-0.2, 0) is 6.54 Å². The number of carboxylic acid groups (broad SMARTS) is 1. The van der Waals surface area contributed by atoms with E-state index in [1.54, 1.807) is 0 Å². The fourth-order valence-electron chi connectivity index (χ4n) is 3.51. The van der Waals surface area contributed by atoms with Gasteiger partial charge in [0.25, 0.3) is 0 Å². The van der Waals surface area contributed by atoms with Gasteiger partial charge in [0.1, 0.15) is 6.29 Å². The fraction of sp³-hybridized carbons (Fsp3) is 0.0400. The number of nitrogens with one attached hydrogen (secondary N) is 1. The molecule has 0 unspecified atom stereocenters. The van der Waals surface area contributed by atoms with Gasteiger partial charge in [-0.1, -0.05) is 54.6 Å². The minimum absolute atomic E-state index is 0.545. The number of anilines is 1. The second kappa shape index (κ2) is 8.49. The van der Waals surface area contributed by atoms with E-state index in [0.717, 1.165) is 33.9 Å². The molecule has 0 aliphatic heterocycles. The number of aromatic nitrogens is 1. The lowest BCUT2D eigenvalue weighted by atomic mass is 10.0. The van der Waals surface area contributed by atoms with Crippen LogP contribution in [0.25, 0.3) is 28.1 Å². The zero-order valence-electron chi connectivity index (χ0n) is 16.2. The normalized spacial score (nSPS) is 11.1. The van der Waals surface area contributed by atoms with Crippen molar-refractivity contribution in [2.24, 2.45) is 0 Å². The number of benzene rings is 3. The third-order valence-corrected chi connectivity index (χ3v) is 4.91. The molecule has 1 amide bonds. The van der Waals surface area contributed by atoms with E-state index in [9.17, 15) is 14.7 Å². The van der Waals surface area contributed by atoms with Gasteiger partial charge < -0.3 is 9.67 Å². The summed E-state index contributed by atoms with van der Waals surface area (Å²) >= 11 is 0. The van der Waals surface area contributed by atoms with E-state index in [4.69, 9.17) is 0 Å². The Labute approximate surface area is 173 Å². The number of carbonyl (C=O) groups is 2. The molecular weight excluding hydrogens is 376 g/mol. The smallest absolute Gasteiger partial charge is 0.409 e. The summed E-state index contributed by atoms with van der Waals surface area (Å²) in [6.45, 7) is 0.659. The molecule has 3 aromatic carbocycles. The summed E-state index contributed by atoms with van der Waals surface area (Å²) in [5.74, 6) is 0. The van der Waals surface area contributed by atoms with Crippen molar-refractivity contribution in [3.63, 3.8) is 0 Å². The van der Waals surface area contributed by atoms with Crippen LogP contribution in [0.5, 0.6) is 0 Å². The molecule has 0 saturated heterocycles. The Hall–Kier alpha value is -4.12. The monoisotopic (exact) mass is 396 g/mol. The van der Waals surface area contributed by atoms with Crippen LogP contribution in [0, 0.1) is 0 Å². The van der Waals surface area contributed by atoms with E-state index < -0.39 is 6.09 Å². The second-order valence-corrected chi connectivity index (χ2v) is 6.91. The molecule has 0 aliphatic carbocycles. The van der Waals surface area contributed by atoms with Crippen LogP contribution in [-0.4, -0.2) is 22.1 Å². The average Bonchev–Trinajstić information content (AvgIpc) is 3.16. The number of hydrogen-bond acceptors (Lipinski definition) is 2. The van der Waals surface area contributed by atoms with Crippen LogP contribution in [0.4, 0.5) is 10.5 Å². The van der Waals surface area contributed by atoms with Gasteiger partial charge in [0.05, 0.1) is 5.69 Å². The molecule has 0 spiro atoms. The first-order chi connectivity index (χ1) is 14.6. The number of hydrogen-bond donors (Lipinski definition) is 2. The minimum atomic E-state index is -1.10. The Morgan fingerprint density at radius 1 is 0.967 bits per heavy atom. The predicted octanol–water partition coefficient (Wildman–Crippen LogP) is 5.92. The van der Waals surface area contributed by atoms with Crippen molar-refractivity contribution in [2.45, 2.75) is 6.54 Å². The molecule has 0 aliphatic rings. The number of rotatable bonds is 6. The number of nitrogens with zero attached hydrogens (tertiary/aromatic N) is 1. The van der Waals surface area contributed by atoms with Gasteiger partial charge >= 0.3 is 6.09 Å². The number of amides is 1. The Bertz CT molecular complexity index is 1240. The van der Waals surface area contributed by atoms with E-state index in [0.29, 0.717) is 17.8 Å². The standard InChI is InChI=1S/C25H20N2O3/c28-17-19-9-11-24-21(15-19)12-14-27(24)13-4-5-18-8-10-22(20-6-2-1-3-7-20)23(16-18)26-25(29)30/h1-12,14-17,26H,13H2,(H,29,30)/b5-4+. The number of fused-ring (bicyclic) bond motifs is 1. The van der Waals surface area contributed by atoms with Crippen LogP contribution in [0.3, 0.4) is 0 Å². The van der Waals surface area contributed by atoms with Gasteiger partial charge in [-0.15, -0.1) is 0 Å². The van der Waals surface area contributed by atoms with E-state index in [1.165, 1.54) is 0 Å². The first-order valence-corrected chi connectivity index (χ1v) is 9.54. The van der Waals surface area contributed by atoms with Gasteiger partial charge in [0.15, 0.2) is 0 Å². The maximum Gasteiger partial charge on any atom is 0.409 e. The lowest BCUT2D eigenvalue weighted by molar-refractivity contribution is 0.112. The molecule has 4 aromatic rings. The molecular formula is C25H20N2O3. The van der Waals surface area contributed by atoms with Gasteiger partial charge in [-0.2, -0.15) is 0 Å². The number of carbonyl (C=O) groups excluding carboxylic acids is 1. The first-order valence-electron chi connectivity index (χ1n) is 9.54. The predicted molar refractivity (Wildman–Crippen MR) is 120 cm³/mol. The van der Waals surface area contributed by atoms with Gasteiger partial charge in [-0.25, -0.2) is 4.79 Å². The Morgan fingerprint density at radius 3 is 2.53 bits per heavy atom. The van der Waals surface area contributed by atoms with Crippen molar-refractivity contribution in [1.29, 1.82) is 0 Å². The Kier molecular flexibility index (Phi) is 5.44. The zero-order valence-corrected chi connectivity index (χ0v) is 16.2. The van der Waals surface area contributed by atoms with Crippen molar-refractivity contribution in [2.75, 3.05) is 5.32 Å². The Morgan fingerprint density at radius 2 is 1.77 bits per heavy atom. The maximum atomic E-state index is 11.2. The zero-order chi connectivity index (χ0) is 20.9. The summed E-state index contributed by atoms with van der Waals surface area (Å²) in [6, 6.07) is 23.0. The lowest BCUT2D eigenvalue weighted by Crippen LogP contribution is -2.08. The fourth-order valence-corrected chi connectivity index (χ4v) is 3.51. The molecule has 5 heteroatoms. The van der Waals surface area contributed by atoms with E-state index in [2.05, 4.69) is 9.88 Å². The van der Waals surface area contributed by atoms with E-state index in [1.807, 2.05) is 91.1 Å². The van der Waals surface area contributed by atoms with Gasteiger partial charge in [0, 0.05) is 34.8 Å².